The van der Waals surface area contributed by atoms with Crippen molar-refractivity contribution in [2.24, 2.45) is 5.92 Å². The highest BCUT2D eigenvalue weighted by molar-refractivity contribution is 7.05. The van der Waals surface area contributed by atoms with Crippen molar-refractivity contribution in [1.82, 2.24) is 0 Å². The Hall–Kier alpha value is -2.24. The molecule has 1 aliphatic rings. The molecule has 178 valence electrons. The molecular weight excluding hydrogens is 445 g/mol. The van der Waals surface area contributed by atoms with Crippen LogP contribution < -0.4 is 10.4 Å². The van der Waals surface area contributed by atoms with Crippen molar-refractivity contribution in [2.75, 3.05) is 0 Å². The summed E-state index contributed by atoms with van der Waals surface area (Å²) in [4.78, 5) is 14.2. The van der Waals surface area contributed by atoms with Crippen LogP contribution in [0.5, 0.6) is 0 Å². The standard InChI is InChI=1S/C31H40OSi2/c1-31(2,3)34(25-18-12-8-13-19-25,26-20-14-9-15-21-26)29-23-27(33(4,5)6)22-28(29)30(32)24-16-10-7-11-17-24/h7-21,27-29H,22-23H2,1-6H3/t27-,28-,29-/m0/s1. The number of hydrogen-bond donors (Lipinski definition) is 0. The fraction of sp³-hybridized carbons (Fsp3) is 0.387. The van der Waals surface area contributed by atoms with Crippen molar-refractivity contribution in [2.45, 2.75) is 69.4 Å². The zero-order chi connectivity index (χ0) is 24.6. The van der Waals surface area contributed by atoms with E-state index in [1.54, 1.807) is 0 Å². The van der Waals surface area contributed by atoms with E-state index in [2.05, 4.69) is 101 Å². The van der Waals surface area contributed by atoms with Crippen LogP contribution in [0.1, 0.15) is 44.0 Å². The second-order valence-electron chi connectivity index (χ2n) is 12.3. The van der Waals surface area contributed by atoms with Gasteiger partial charge >= 0.3 is 0 Å². The molecule has 0 aliphatic heterocycles. The van der Waals surface area contributed by atoms with Gasteiger partial charge in [-0.2, -0.15) is 0 Å². The molecule has 1 saturated carbocycles. The van der Waals surface area contributed by atoms with Crippen LogP contribution in [-0.4, -0.2) is 21.9 Å². The summed E-state index contributed by atoms with van der Waals surface area (Å²) in [7, 11) is -3.82. The number of benzene rings is 3. The maximum atomic E-state index is 14.2. The van der Waals surface area contributed by atoms with Crippen LogP contribution in [0.4, 0.5) is 0 Å². The lowest BCUT2D eigenvalue weighted by Crippen LogP contribution is -2.68. The second-order valence-corrected chi connectivity index (χ2v) is 22.8. The van der Waals surface area contributed by atoms with Gasteiger partial charge in [-0.3, -0.25) is 4.79 Å². The molecule has 1 nitrogen and oxygen atoms in total. The van der Waals surface area contributed by atoms with Gasteiger partial charge in [0.15, 0.2) is 5.78 Å². The fourth-order valence-electron chi connectivity index (χ4n) is 6.75. The predicted octanol–water partition coefficient (Wildman–Crippen LogP) is 7.42. The van der Waals surface area contributed by atoms with E-state index in [-0.39, 0.29) is 11.0 Å². The first-order valence-electron chi connectivity index (χ1n) is 12.8. The molecule has 0 bridgehead atoms. The van der Waals surface area contributed by atoms with E-state index in [1.165, 1.54) is 16.8 Å². The van der Waals surface area contributed by atoms with Crippen molar-refractivity contribution in [3.05, 3.63) is 96.6 Å². The molecule has 0 saturated heterocycles. The van der Waals surface area contributed by atoms with Crippen LogP contribution in [0.25, 0.3) is 0 Å². The van der Waals surface area contributed by atoms with Gasteiger partial charge in [-0.25, -0.2) is 0 Å². The molecule has 0 radical (unpaired) electrons. The minimum atomic E-state index is -2.39. The number of carbonyl (C=O) groups is 1. The van der Waals surface area contributed by atoms with Gasteiger partial charge in [0, 0.05) is 19.6 Å². The Labute approximate surface area is 208 Å². The average molecular weight is 485 g/mol. The smallest absolute Gasteiger partial charge is 0.165 e. The van der Waals surface area contributed by atoms with Crippen LogP contribution in [-0.2, 0) is 0 Å². The van der Waals surface area contributed by atoms with Gasteiger partial charge in [0.1, 0.15) is 8.07 Å². The topological polar surface area (TPSA) is 17.1 Å². The molecule has 0 amide bonds. The molecule has 0 aromatic heterocycles. The largest absolute Gasteiger partial charge is 0.294 e. The highest BCUT2D eigenvalue weighted by Crippen LogP contribution is 2.58. The zero-order valence-corrected chi connectivity index (χ0v) is 23.7. The van der Waals surface area contributed by atoms with E-state index >= 15 is 0 Å². The lowest BCUT2D eigenvalue weighted by molar-refractivity contribution is 0.0921. The highest BCUT2D eigenvalue weighted by atomic mass is 28.3. The summed E-state index contributed by atoms with van der Waals surface area (Å²) < 4.78 is 0. The van der Waals surface area contributed by atoms with Crippen molar-refractivity contribution in [3.8, 4) is 0 Å². The van der Waals surface area contributed by atoms with Gasteiger partial charge in [-0.05, 0) is 22.5 Å². The molecule has 3 heteroatoms. The molecule has 3 atom stereocenters. The van der Waals surface area contributed by atoms with E-state index < -0.39 is 16.1 Å². The maximum Gasteiger partial charge on any atom is 0.165 e. The van der Waals surface area contributed by atoms with Crippen molar-refractivity contribution in [1.29, 1.82) is 0 Å². The third-order valence-electron chi connectivity index (χ3n) is 8.38. The van der Waals surface area contributed by atoms with E-state index in [4.69, 9.17) is 0 Å². The van der Waals surface area contributed by atoms with Crippen LogP contribution >= 0.6 is 0 Å². The Bertz CT molecular complexity index is 1060. The Balaban J connectivity index is 1.98. The van der Waals surface area contributed by atoms with Gasteiger partial charge in [-0.15, -0.1) is 0 Å². The van der Waals surface area contributed by atoms with Gasteiger partial charge < -0.3 is 0 Å². The third kappa shape index (κ3) is 4.41. The minimum Gasteiger partial charge on any atom is -0.294 e. The molecule has 3 aromatic rings. The van der Waals surface area contributed by atoms with Gasteiger partial charge in [-0.1, -0.05) is 148 Å². The summed E-state index contributed by atoms with van der Waals surface area (Å²) in [6, 6.07) is 32.6. The number of Topliss-reactive ketones (excluding diaryl/α,β-unsaturated/α-hetero) is 1. The monoisotopic (exact) mass is 484 g/mol. The van der Waals surface area contributed by atoms with Crippen LogP contribution in [0.2, 0.25) is 35.8 Å². The number of carbonyl (C=O) groups excluding carboxylic acids is 1. The first kappa shape index (κ1) is 24.9. The van der Waals surface area contributed by atoms with Crippen LogP contribution in [0, 0.1) is 5.92 Å². The molecule has 0 unspecified atom stereocenters. The van der Waals surface area contributed by atoms with Crippen molar-refractivity contribution >= 4 is 32.3 Å². The molecule has 4 rings (SSSR count). The molecular formula is C31H40OSi2. The first-order valence-corrected chi connectivity index (χ1v) is 18.4. The van der Waals surface area contributed by atoms with Crippen molar-refractivity contribution < 1.29 is 4.79 Å². The maximum absolute atomic E-state index is 14.2. The second kappa shape index (κ2) is 9.43. The molecule has 1 aliphatic carbocycles. The normalized spacial score (nSPS) is 21.4. The van der Waals surface area contributed by atoms with Crippen LogP contribution in [0.3, 0.4) is 0 Å². The summed E-state index contributed by atoms with van der Waals surface area (Å²) in [5.74, 6) is 0.435. The Morgan fingerprint density at radius 1 is 0.706 bits per heavy atom. The predicted molar refractivity (Wildman–Crippen MR) is 152 cm³/mol. The molecule has 1 fully saturated rings. The summed E-state index contributed by atoms with van der Waals surface area (Å²) in [6.07, 6.45) is 2.21. The molecule has 3 aromatic carbocycles. The lowest BCUT2D eigenvalue weighted by atomic mass is 9.96. The average Bonchev–Trinajstić information content (AvgIpc) is 3.26. The number of rotatable bonds is 6. The SMILES string of the molecule is CC(C)(C)[Si](c1ccccc1)(c1ccccc1)[C@H]1C[C@@H]([Si](C)(C)C)C[C@@H]1C(=O)c1ccccc1. The Morgan fingerprint density at radius 2 is 1.15 bits per heavy atom. The molecule has 0 N–H and O–H groups in total. The molecule has 34 heavy (non-hydrogen) atoms. The van der Waals surface area contributed by atoms with Gasteiger partial charge in [0.2, 0.25) is 0 Å². The van der Waals surface area contributed by atoms with E-state index in [0.29, 0.717) is 16.9 Å². The molecule has 0 spiro atoms. The Kier molecular flexibility index (Phi) is 6.90. The highest BCUT2D eigenvalue weighted by Gasteiger charge is 2.59. The summed E-state index contributed by atoms with van der Waals surface area (Å²) in [5.41, 5.74) is 1.92. The third-order valence-corrected chi connectivity index (χ3v) is 17.9. The van der Waals surface area contributed by atoms with Crippen LogP contribution in [0.15, 0.2) is 91.0 Å². The summed E-state index contributed by atoms with van der Waals surface area (Å²) in [5, 5.41) is 3.01. The van der Waals surface area contributed by atoms with Crippen molar-refractivity contribution in [3.63, 3.8) is 0 Å². The summed E-state index contributed by atoms with van der Waals surface area (Å²) >= 11 is 0. The van der Waals surface area contributed by atoms with E-state index in [9.17, 15) is 4.79 Å². The van der Waals surface area contributed by atoms with Gasteiger partial charge in [0.25, 0.3) is 0 Å². The zero-order valence-electron chi connectivity index (χ0n) is 21.7. The Morgan fingerprint density at radius 3 is 1.56 bits per heavy atom. The fourth-order valence-corrected chi connectivity index (χ4v) is 15.9. The minimum absolute atomic E-state index is 0.0594. The first-order chi connectivity index (χ1) is 16.1. The summed E-state index contributed by atoms with van der Waals surface area (Å²) in [6.45, 7) is 14.8. The van der Waals surface area contributed by atoms with E-state index in [1.807, 2.05) is 30.3 Å². The number of ketones is 1. The van der Waals surface area contributed by atoms with E-state index in [0.717, 1.165) is 12.0 Å². The lowest BCUT2D eigenvalue weighted by Gasteiger charge is -2.50. The molecule has 0 heterocycles. The number of hydrogen-bond acceptors (Lipinski definition) is 1. The quantitative estimate of drug-likeness (QED) is 0.263. The van der Waals surface area contributed by atoms with Gasteiger partial charge in [0.05, 0.1) is 0 Å².